The van der Waals surface area contributed by atoms with Gasteiger partial charge in [0.05, 0.1) is 24.6 Å². The lowest BCUT2D eigenvalue weighted by Gasteiger charge is -2.32. The second-order valence-corrected chi connectivity index (χ2v) is 8.20. The van der Waals surface area contributed by atoms with Gasteiger partial charge in [-0.15, -0.1) is 0 Å². The summed E-state index contributed by atoms with van der Waals surface area (Å²) in [6.07, 6.45) is 4.09. The minimum atomic E-state index is -0.127. The molecule has 5 rings (SSSR count). The lowest BCUT2D eigenvalue weighted by molar-refractivity contribution is 0.0644. The predicted molar refractivity (Wildman–Crippen MR) is 125 cm³/mol. The maximum Gasteiger partial charge on any atom is 0.255 e. The smallest absolute Gasteiger partial charge is 0.255 e. The summed E-state index contributed by atoms with van der Waals surface area (Å²) in [5, 5.41) is 11.8. The highest BCUT2D eigenvalue weighted by Gasteiger charge is 2.32. The molecule has 1 unspecified atom stereocenters. The number of carbonyl (C=O) groups is 1. The molecule has 1 atom stereocenters. The van der Waals surface area contributed by atoms with Crippen LogP contribution in [0, 0.1) is 0 Å². The van der Waals surface area contributed by atoms with Crippen LogP contribution in [0.15, 0.2) is 79.3 Å². The molecule has 0 saturated heterocycles. The molecule has 1 aromatic heterocycles. The van der Waals surface area contributed by atoms with Crippen LogP contribution in [-0.4, -0.2) is 45.1 Å². The van der Waals surface area contributed by atoms with Crippen molar-refractivity contribution in [3.05, 3.63) is 96.1 Å². The third-order valence-corrected chi connectivity index (χ3v) is 6.20. The Bertz CT molecular complexity index is 1220. The van der Waals surface area contributed by atoms with E-state index in [-0.39, 0.29) is 18.6 Å². The third-order valence-electron chi connectivity index (χ3n) is 6.20. The van der Waals surface area contributed by atoms with Gasteiger partial charge in [-0.25, -0.2) is 4.98 Å². The van der Waals surface area contributed by atoms with Gasteiger partial charge in [0.2, 0.25) is 0 Å². The van der Waals surface area contributed by atoms with Gasteiger partial charge in [-0.3, -0.25) is 4.79 Å². The van der Waals surface area contributed by atoms with Gasteiger partial charge >= 0.3 is 0 Å². The first-order chi connectivity index (χ1) is 15.7. The van der Waals surface area contributed by atoms with Crippen molar-refractivity contribution >= 4 is 22.4 Å². The maximum absolute atomic E-state index is 13.9. The number of para-hydroxylation sites is 1. The monoisotopic (exact) mass is 426 g/mol. The number of aromatic amines is 1. The molecule has 0 fully saturated rings. The number of rotatable bonds is 5. The molecule has 3 aromatic carbocycles. The van der Waals surface area contributed by atoms with Crippen molar-refractivity contribution in [2.24, 2.45) is 0 Å². The summed E-state index contributed by atoms with van der Waals surface area (Å²) < 4.78 is 0. The van der Waals surface area contributed by atoms with Gasteiger partial charge in [0.25, 0.3) is 5.91 Å². The minimum Gasteiger partial charge on any atom is -0.396 e. The van der Waals surface area contributed by atoms with E-state index in [1.165, 1.54) is 0 Å². The van der Waals surface area contributed by atoms with Gasteiger partial charge in [0.1, 0.15) is 0 Å². The van der Waals surface area contributed by atoms with Crippen LogP contribution in [0.5, 0.6) is 0 Å². The van der Waals surface area contributed by atoms with E-state index < -0.39 is 0 Å². The number of H-pyrrole nitrogens is 1. The van der Waals surface area contributed by atoms with Crippen LogP contribution in [0.2, 0.25) is 0 Å². The van der Waals surface area contributed by atoms with Gasteiger partial charge in [-0.2, -0.15) is 0 Å². The zero-order valence-electron chi connectivity index (χ0n) is 17.8. The molecule has 1 aliphatic rings. The highest BCUT2D eigenvalue weighted by atomic mass is 16.3. The van der Waals surface area contributed by atoms with Crippen molar-refractivity contribution in [2.45, 2.75) is 25.6 Å². The van der Waals surface area contributed by atoms with E-state index in [0.717, 1.165) is 27.7 Å². The summed E-state index contributed by atoms with van der Waals surface area (Å²) >= 11 is 0. The quantitative estimate of drug-likeness (QED) is 0.506. The summed E-state index contributed by atoms with van der Waals surface area (Å²) in [5.41, 5.74) is 3.84. The lowest BCUT2D eigenvalue weighted by Crippen LogP contribution is -2.45. The second-order valence-electron chi connectivity index (χ2n) is 8.20. The molecule has 1 amide bonds. The van der Waals surface area contributed by atoms with Gasteiger partial charge in [0.15, 0.2) is 0 Å². The summed E-state index contributed by atoms with van der Waals surface area (Å²) in [6.45, 7) is 1.79. The average Bonchev–Trinajstić information content (AvgIpc) is 3.29. The van der Waals surface area contributed by atoms with E-state index in [2.05, 4.69) is 27.0 Å². The molecule has 6 nitrogen and oxygen atoms in total. The Morgan fingerprint density at radius 2 is 1.88 bits per heavy atom. The van der Waals surface area contributed by atoms with Gasteiger partial charge in [0, 0.05) is 37.1 Å². The van der Waals surface area contributed by atoms with E-state index in [0.29, 0.717) is 31.6 Å². The molecule has 0 aliphatic carbocycles. The number of aromatic nitrogens is 2. The number of nitrogens with one attached hydrogen (secondary N) is 1. The van der Waals surface area contributed by atoms with Crippen LogP contribution < -0.4 is 4.90 Å². The molecule has 0 bridgehead atoms. The van der Waals surface area contributed by atoms with Gasteiger partial charge < -0.3 is 19.9 Å². The molecule has 32 heavy (non-hydrogen) atoms. The zero-order valence-corrected chi connectivity index (χ0v) is 17.8. The van der Waals surface area contributed by atoms with Gasteiger partial charge in [-0.1, -0.05) is 54.6 Å². The highest BCUT2D eigenvalue weighted by Crippen LogP contribution is 2.31. The van der Waals surface area contributed by atoms with E-state index in [4.69, 9.17) is 0 Å². The molecule has 1 aliphatic heterocycles. The van der Waals surface area contributed by atoms with Gasteiger partial charge in [-0.05, 0) is 34.9 Å². The predicted octanol–water partition coefficient (Wildman–Crippen LogP) is 3.98. The fourth-order valence-corrected chi connectivity index (χ4v) is 4.64. The molecule has 2 heterocycles. The Labute approximate surface area is 187 Å². The zero-order chi connectivity index (χ0) is 21.9. The highest BCUT2D eigenvalue weighted by molar-refractivity contribution is 6.07. The summed E-state index contributed by atoms with van der Waals surface area (Å²) in [5.74, 6) is -0.00308. The number of fused-ring (bicyclic) bond motifs is 2. The number of nitrogens with zero attached hydrogens (tertiary/aromatic N) is 3. The minimum absolute atomic E-state index is 0.00308. The first-order valence-corrected chi connectivity index (χ1v) is 10.9. The maximum atomic E-state index is 13.9. The summed E-state index contributed by atoms with van der Waals surface area (Å²) in [4.78, 5) is 25.5. The fourth-order valence-electron chi connectivity index (χ4n) is 4.64. The number of amides is 1. The average molecular weight is 427 g/mol. The van der Waals surface area contributed by atoms with E-state index >= 15 is 0 Å². The Morgan fingerprint density at radius 1 is 1.06 bits per heavy atom. The summed E-state index contributed by atoms with van der Waals surface area (Å²) in [6, 6.07) is 21.9. The first-order valence-electron chi connectivity index (χ1n) is 10.9. The standard InChI is InChI=1S/C26H26N4O2/c31-13-12-22-17-29(16-21-14-27-18-28-21)25-11-4-2-7-20(25)15-30(22)26(32)24-10-5-8-19-6-1-3-9-23(19)24/h1-11,14,18,22,31H,12-13,15-17H2,(H,27,28). The van der Waals surface area contributed by atoms with Crippen LogP contribution in [0.3, 0.4) is 0 Å². The number of benzene rings is 3. The number of anilines is 1. The van der Waals surface area contributed by atoms with Crippen molar-refractivity contribution in [1.82, 2.24) is 14.9 Å². The molecule has 4 aromatic rings. The molecular formula is C26H26N4O2. The molecule has 6 heteroatoms. The Kier molecular flexibility index (Phi) is 5.60. The van der Waals surface area contributed by atoms with Crippen LogP contribution in [0.4, 0.5) is 5.69 Å². The SMILES string of the molecule is O=C(c1cccc2ccccc12)N1Cc2ccccc2N(Cc2c[nH]cn2)CC1CCO. The second kappa shape index (κ2) is 8.85. The van der Waals surface area contributed by atoms with Crippen LogP contribution in [0.1, 0.15) is 28.0 Å². The van der Waals surface area contributed by atoms with Crippen LogP contribution in [-0.2, 0) is 13.1 Å². The molecule has 162 valence electrons. The van der Waals surface area contributed by atoms with E-state index in [1.807, 2.05) is 65.7 Å². The Morgan fingerprint density at radius 3 is 2.72 bits per heavy atom. The number of imidazole rings is 1. The van der Waals surface area contributed by atoms with Crippen LogP contribution >= 0.6 is 0 Å². The number of carbonyl (C=O) groups excluding carboxylic acids is 1. The summed E-state index contributed by atoms with van der Waals surface area (Å²) in [7, 11) is 0. The molecule has 0 saturated carbocycles. The van der Waals surface area contributed by atoms with E-state index in [1.54, 1.807) is 6.33 Å². The van der Waals surface area contributed by atoms with Crippen molar-refractivity contribution in [3.63, 3.8) is 0 Å². The number of hydrogen-bond acceptors (Lipinski definition) is 4. The largest absolute Gasteiger partial charge is 0.396 e. The van der Waals surface area contributed by atoms with Crippen LogP contribution in [0.25, 0.3) is 10.8 Å². The number of aliphatic hydroxyl groups excluding tert-OH is 1. The lowest BCUT2D eigenvalue weighted by atomic mass is 10.0. The van der Waals surface area contributed by atoms with Crippen molar-refractivity contribution in [1.29, 1.82) is 0 Å². The van der Waals surface area contributed by atoms with Crippen molar-refractivity contribution in [2.75, 3.05) is 18.1 Å². The Hall–Kier alpha value is -3.64. The molecule has 2 N–H and O–H groups in total. The third kappa shape index (κ3) is 3.85. The van der Waals surface area contributed by atoms with Crippen molar-refractivity contribution in [3.8, 4) is 0 Å². The normalized spacial score (nSPS) is 16.1. The molecule has 0 radical (unpaired) electrons. The topological polar surface area (TPSA) is 72.5 Å². The molecular weight excluding hydrogens is 400 g/mol. The molecule has 0 spiro atoms. The fraction of sp³-hybridized carbons (Fsp3) is 0.231. The first kappa shape index (κ1) is 20.3. The number of hydrogen-bond donors (Lipinski definition) is 2. The Balaban J connectivity index is 1.55. The van der Waals surface area contributed by atoms with Crippen molar-refractivity contribution < 1.29 is 9.90 Å². The number of aliphatic hydroxyl groups is 1. The van der Waals surface area contributed by atoms with E-state index in [9.17, 15) is 9.90 Å².